The Hall–Kier alpha value is -2.01. The minimum atomic E-state index is -1.06. The molecule has 2 rings (SSSR count). The summed E-state index contributed by atoms with van der Waals surface area (Å²) in [5.41, 5.74) is 0.687. The molecule has 1 aromatic heterocycles. The number of aromatic nitrogens is 2. The summed E-state index contributed by atoms with van der Waals surface area (Å²) in [7, 11) is 1.84. The van der Waals surface area contributed by atoms with E-state index in [0.29, 0.717) is 11.6 Å². The molecule has 0 fully saturated rings. The molecule has 0 spiro atoms. The average Bonchev–Trinajstić information content (AvgIpc) is 2.67. The minimum Gasteiger partial charge on any atom is -0.478 e. The third-order valence-electron chi connectivity index (χ3n) is 2.27. The van der Waals surface area contributed by atoms with E-state index < -0.39 is 5.97 Å². The van der Waals surface area contributed by atoms with Crippen LogP contribution in [0, 0.1) is 0 Å². The molecule has 0 saturated carbocycles. The molecule has 2 aromatic rings. The van der Waals surface area contributed by atoms with Gasteiger partial charge in [0.15, 0.2) is 0 Å². The molecule has 0 aliphatic rings. The first kappa shape index (κ1) is 11.5. The number of imidazole rings is 1. The molecular formula is C11H10ClN3O2. The zero-order valence-electron chi connectivity index (χ0n) is 9.01. The highest BCUT2D eigenvalue weighted by Crippen LogP contribution is 2.22. The van der Waals surface area contributed by atoms with Crippen LogP contribution in [0.25, 0.3) is 0 Å². The van der Waals surface area contributed by atoms with Crippen LogP contribution in [-0.2, 0) is 7.05 Å². The number of rotatable bonds is 3. The van der Waals surface area contributed by atoms with Gasteiger partial charge in [0.1, 0.15) is 0 Å². The van der Waals surface area contributed by atoms with E-state index in [1.807, 2.05) is 7.05 Å². The van der Waals surface area contributed by atoms with Crippen molar-refractivity contribution in [2.24, 2.45) is 7.05 Å². The van der Waals surface area contributed by atoms with Crippen molar-refractivity contribution in [3.8, 4) is 0 Å². The third-order valence-corrected chi connectivity index (χ3v) is 2.60. The van der Waals surface area contributed by atoms with Crippen molar-refractivity contribution in [1.29, 1.82) is 0 Å². The maximum absolute atomic E-state index is 10.9. The Morgan fingerprint density at radius 1 is 1.53 bits per heavy atom. The number of hydrogen-bond donors (Lipinski definition) is 2. The van der Waals surface area contributed by atoms with Crippen molar-refractivity contribution in [3.63, 3.8) is 0 Å². The Labute approximate surface area is 103 Å². The molecule has 0 radical (unpaired) electrons. The molecule has 0 unspecified atom stereocenters. The molecule has 0 atom stereocenters. The van der Waals surface area contributed by atoms with Crippen LogP contribution in [-0.4, -0.2) is 20.6 Å². The summed E-state index contributed by atoms with van der Waals surface area (Å²) in [6.07, 6.45) is 3.44. The fraction of sp³-hybridized carbons (Fsp3) is 0.0909. The third kappa shape index (κ3) is 2.39. The van der Waals surface area contributed by atoms with Crippen molar-refractivity contribution in [1.82, 2.24) is 9.55 Å². The molecule has 17 heavy (non-hydrogen) atoms. The van der Waals surface area contributed by atoms with Crippen molar-refractivity contribution < 1.29 is 9.90 Å². The number of aromatic carboxylic acids is 1. The molecule has 5 nitrogen and oxygen atoms in total. The Balaban J connectivity index is 2.32. The lowest BCUT2D eigenvalue weighted by Gasteiger charge is -2.07. The zero-order valence-corrected chi connectivity index (χ0v) is 9.77. The lowest BCUT2D eigenvalue weighted by molar-refractivity contribution is 0.0697. The zero-order chi connectivity index (χ0) is 12.4. The molecule has 1 aromatic carbocycles. The molecule has 2 N–H and O–H groups in total. The number of nitrogens with one attached hydrogen (secondary N) is 1. The van der Waals surface area contributed by atoms with E-state index in [4.69, 9.17) is 16.7 Å². The van der Waals surface area contributed by atoms with Crippen LogP contribution in [0.3, 0.4) is 0 Å². The van der Waals surface area contributed by atoms with Gasteiger partial charge >= 0.3 is 5.97 Å². The van der Waals surface area contributed by atoms with Gasteiger partial charge in [-0.25, -0.2) is 9.78 Å². The normalized spacial score (nSPS) is 10.2. The quantitative estimate of drug-likeness (QED) is 0.880. The highest BCUT2D eigenvalue weighted by Gasteiger charge is 2.10. The minimum absolute atomic E-state index is 0.0610. The lowest BCUT2D eigenvalue weighted by atomic mass is 10.2. The number of hydrogen-bond acceptors (Lipinski definition) is 3. The van der Waals surface area contributed by atoms with Crippen molar-refractivity contribution >= 4 is 29.2 Å². The second-order valence-corrected chi connectivity index (χ2v) is 3.89. The van der Waals surface area contributed by atoms with E-state index in [1.54, 1.807) is 23.0 Å². The van der Waals surface area contributed by atoms with Gasteiger partial charge < -0.3 is 15.0 Å². The molecule has 6 heteroatoms. The van der Waals surface area contributed by atoms with Gasteiger partial charge in [0.05, 0.1) is 10.6 Å². The lowest BCUT2D eigenvalue weighted by Crippen LogP contribution is -2.02. The van der Waals surface area contributed by atoms with Crippen LogP contribution >= 0.6 is 11.6 Å². The number of aryl methyl sites for hydroxylation is 1. The van der Waals surface area contributed by atoms with Crippen molar-refractivity contribution in [2.45, 2.75) is 0 Å². The summed E-state index contributed by atoms with van der Waals surface area (Å²) in [6, 6.07) is 4.71. The second-order valence-electron chi connectivity index (χ2n) is 3.49. The maximum Gasteiger partial charge on any atom is 0.337 e. The van der Waals surface area contributed by atoms with Gasteiger partial charge in [-0.05, 0) is 18.2 Å². The van der Waals surface area contributed by atoms with Crippen molar-refractivity contribution in [3.05, 3.63) is 41.2 Å². The van der Waals surface area contributed by atoms with Crippen LogP contribution in [0.1, 0.15) is 10.4 Å². The highest BCUT2D eigenvalue weighted by molar-refractivity contribution is 6.33. The molecule has 88 valence electrons. The van der Waals surface area contributed by atoms with Crippen molar-refractivity contribution in [2.75, 3.05) is 5.32 Å². The topological polar surface area (TPSA) is 67.2 Å². The molecule has 0 saturated heterocycles. The van der Waals surface area contributed by atoms with Crippen LogP contribution in [0.5, 0.6) is 0 Å². The van der Waals surface area contributed by atoms with Gasteiger partial charge in [-0.3, -0.25) is 0 Å². The maximum atomic E-state index is 10.9. The number of carboxylic acid groups (broad SMARTS) is 1. The molecule has 0 bridgehead atoms. The van der Waals surface area contributed by atoms with Gasteiger partial charge in [0.2, 0.25) is 5.95 Å². The molecule has 0 amide bonds. The van der Waals surface area contributed by atoms with Crippen LogP contribution < -0.4 is 5.32 Å². The number of carbonyl (C=O) groups is 1. The van der Waals surface area contributed by atoms with Gasteiger partial charge in [-0.15, -0.1) is 0 Å². The highest BCUT2D eigenvalue weighted by atomic mass is 35.5. The summed E-state index contributed by atoms with van der Waals surface area (Å²) in [5, 5.41) is 12.2. The largest absolute Gasteiger partial charge is 0.478 e. The van der Waals surface area contributed by atoms with Gasteiger partial charge in [0.25, 0.3) is 0 Å². The van der Waals surface area contributed by atoms with Gasteiger partial charge in [-0.1, -0.05) is 11.6 Å². The predicted octanol–water partition coefficient (Wildman–Crippen LogP) is 2.52. The molecule has 0 aliphatic carbocycles. The number of carboxylic acids is 1. The fourth-order valence-corrected chi connectivity index (χ4v) is 1.58. The number of nitrogens with zero attached hydrogens (tertiary/aromatic N) is 2. The Morgan fingerprint density at radius 2 is 2.29 bits per heavy atom. The number of anilines is 2. The molecule has 0 aliphatic heterocycles. The second kappa shape index (κ2) is 4.47. The Kier molecular flexibility index (Phi) is 3.01. The Morgan fingerprint density at radius 3 is 2.88 bits per heavy atom. The van der Waals surface area contributed by atoms with Gasteiger partial charge in [0, 0.05) is 25.1 Å². The van der Waals surface area contributed by atoms with Gasteiger partial charge in [-0.2, -0.15) is 0 Å². The van der Waals surface area contributed by atoms with Crippen LogP contribution in [0.2, 0.25) is 5.02 Å². The van der Waals surface area contributed by atoms with E-state index in [-0.39, 0.29) is 10.6 Å². The standard InChI is InChI=1S/C11H10ClN3O2/c1-15-5-4-13-11(15)14-7-2-3-9(12)8(6-7)10(16)17/h2-6H,1H3,(H,13,14)(H,16,17). The monoisotopic (exact) mass is 251 g/mol. The first-order chi connectivity index (χ1) is 8.08. The van der Waals surface area contributed by atoms with E-state index >= 15 is 0 Å². The smallest absolute Gasteiger partial charge is 0.337 e. The summed E-state index contributed by atoms with van der Waals surface area (Å²) in [6.45, 7) is 0. The summed E-state index contributed by atoms with van der Waals surface area (Å²) >= 11 is 5.77. The van der Waals surface area contributed by atoms with Crippen LogP contribution in [0.4, 0.5) is 11.6 Å². The van der Waals surface area contributed by atoms with E-state index in [9.17, 15) is 4.79 Å². The predicted molar refractivity (Wildman–Crippen MR) is 64.9 cm³/mol. The number of halogens is 1. The Bertz CT molecular complexity index is 566. The van der Waals surface area contributed by atoms with Crippen LogP contribution in [0.15, 0.2) is 30.6 Å². The van der Waals surface area contributed by atoms with E-state index in [1.165, 1.54) is 12.1 Å². The summed E-state index contributed by atoms with van der Waals surface area (Å²) < 4.78 is 1.79. The molecule has 1 heterocycles. The average molecular weight is 252 g/mol. The summed E-state index contributed by atoms with van der Waals surface area (Å²) in [4.78, 5) is 15.0. The van der Waals surface area contributed by atoms with E-state index in [0.717, 1.165) is 0 Å². The first-order valence-corrected chi connectivity index (χ1v) is 5.23. The summed E-state index contributed by atoms with van der Waals surface area (Å²) in [5.74, 6) is -0.429. The fourth-order valence-electron chi connectivity index (χ4n) is 1.38. The SMILES string of the molecule is Cn1ccnc1Nc1ccc(Cl)c(C(=O)O)c1. The van der Waals surface area contributed by atoms with E-state index in [2.05, 4.69) is 10.3 Å². The first-order valence-electron chi connectivity index (χ1n) is 4.85. The molecular weight excluding hydrogens is 242 g/mol. The number of benzene rings is 1.